The molecule has 3 aliphatic rings. The predicted octanol–water partition coefficient (Wildman–Crippen LogP) is 2.31. The maximum absolute atomic E-state index is 12.3. The maximum atomic E-state index is 12.3. The number of carbonyl (C=O) groups is 2. The minimum atomic E-state index is -0.780. The van der Waals surface area contributed by atoms with E-state index in [0.717, 1.165) is 12.0 Å². The number of isocyanates is 1. The van der Waals surface area contributed by atoms with Crippen LogP contribution in [0.3, 0.4) is 0 Å². The molecule has 0 saturated carbocycles. The third-order valence-corrected chi connectivity index (χ3v) is 7.28. The van der Waals surface area contributed by atoms with Crippen LogP contribution in [0.1, 0.15) is 53.9 Å². The molecule has 3 aliphatic heterocycles. The SMILES string of the molecule is CC(=O)O[C@@H](C)C=CC(=O)N[C@@H]1C[C@H](C)[C@H](CC=C(C)C=C[C@H]2O[C@H](CN=C=O)C[C@@]3(CO3)[C@@H]2O)O[C@@H]1C. The van der Waals surface area contributed by atoms with Gasteiger partial charge in [0.1, 0.15) is 23.9 Å². The summed E-state index contributed by atoms with van der Waals surface area (Å²) in [5.74, 6) is -0.419. The molecule has 38 heavy (non-hydrogen) atoms. The number of nitrogens with zero attached hydrogens (tertiary/aromatic N) is 1. The van der Waals surface area contributed by atoms with Crippen molar-refractivity contribution in [2.75, 3.05) is 13.2 Å². The molecule has 1 spiro atoms. The summed E-state index contributed by atoms with van der Waals surface area (Å²) in [6, 6.07) is -0.120. The number of aliphatic hydroxyl groups excluding tert-OH is 1. The van der Waals surface area contributed by atoms with Gasteiger partial charge >= 0.3 is 5.97 Å². The van der Waals surface area contributed by atoms with Crippen LogP contribution < -0.4 is 5.32 Å². The van der Waals surface area contributed by atoms with E-state index in [9.17, 15) is 19.5 Å². The molecule has 0 unspecified atom stereocenters. The van der Waals surface area contributed by atoms with Gasteiger partial charge in [0.15, 0.2) is 0 Å². The van der Waals surface area contributed by atoms with Gasteiger partial charge in [-0.25, -0.2) is 9.79 Å². The van der Waals surface area contributed by atoms with E-state index in [-0.39, 0.29) is 42.7 Å². The number of amides is 1. The smallest absolute Gasteiger partial charge is 0.303 e. The van der Waals surface area contributed by atoms with E-state index < -0.39 is 29.9 Å². The van der Waals surface area contributed by atoms with E-state index in [4.69, 9.17) is 18.9 Å². The molecule has 0 aromatic heterocycles. The van der Waals surface area contributed by atoms with Crippen LogP contribution >= 0.6 is 0 Å². The molecule has 0 radical (unpaired) electrons. The number of allylic oxidation sites excluding steroid dienone is 2. The van der Waals surface area contributed by atoms with Gasteiger partial charge in [-0.05, 0) is 45.6 Å². The Morgan fingerprint density at radius 2 is 2.00 bits per heavy atom. The molecule has 3 fully saturated rings. The van der Waals surface area contributed by atoms with Crippen molar-refractivity contribution in [3.63, 3.8) is 0 Å². The first kappa shape index (κ1) is 29.9. The average Bonchev–Trinajstić information content (AvgIpc) is 3.63. The van der Waals surface area contributed by atoms with E-state index in [2.05, 4.69) is 23.3 Å². The van der Waals surface area contributed by atoms with Crippen LogP contribution in [-0.2, 0) is 33.3 Å². The first-order chi connectivity index (χ1) is 18.0. The molecule has 0 aromatic rings. The first-order valence-electron chi connectivity index (χ1n) is 13.2. The summed E-state index contributed by atoms with van der Waals surface area (Å²) in [5, 5.41) is 13.7. The zero-order chi connectivity index (χ0) is 27.9. The van der Waals surface area contributed by atoms with Crippen LogP contribution in [0, 0.1) is 5.92 Å². The lowest BCUT2D eigenvalue weighted by molar-refractivity contribution is -0.143. The van der Waals surface area contributed by atoms with Crippen molar-refractivity contribution in [1.29, 1.82) is 0 Å². The topological polar surface area (TPSA) is 136 Å². The summed E-state index contributed by atoms with van der Waals surface area (Å²) in [5.41, 5.74) is 0.392. The number of rotatable bonds is 10. The summed E-state index contributed by atoms with van der Waals surface area (Å²) in [7, 11) is 0. The van der Waals surface area contributed by atoms with E-state index in [1.54, 1.807) is 13.0 Å². The number of esters is 1. The van der Waals surface area contributed by atoms with E-state index in [1.165, 1.54) is 19.1 Å². The number of hydrogen-bond donors (Lipinski definition) is 2. The van der Waals surface area contributed by atoms with Crippen molar-refractivity contribution in [2.24, 2.45) is 10.9 Å². The first-order valence-corrected chi connectivity index (χ1v) is 13.2. The van der Waals surface area contributed by atoms with Crippen LogP contribution in [0.25, 0.3) is 0 Å². The molecular weight excluding hydrogens is 492 g/mol. The van der Waals surface area contributed by atoms with E-state index in [1.807, 2.05) is 26.0 Å². The fourth-order valence-electron chi connectivity index (χ4n) is 5.01. The Hall–Kier alpha value is -2.62. The van der Waals surface area contributed by atoms with Gasteiger partial charge in [-0.15, -0.1) is 0 Å². The highest BCUT2D eigenvalue weighted by molar-refractivity contribution is 5.87. The molecule has 2 N–H and O–H groups in total. The number of hydrogen-bond acceptors (Lipinski definition) is 9. The van der Waals surface area contributed by atoms with Crippen LogP contribution in [0.15, 0.2) is 40.9 Å². The van der Waals surface area contributed by atoms with Crippen LogP contribution in [0.4, 0.5) is 0 Å². The van der Waals surface area contributed by atoms with Crippen molar-refractivity contribution in [2.45, 2.75) is 102 Å². The van der Waals surface area contributed by atoms with Crippen molar-refractivity contribution < 1.29 is 38.4 Å². The second-order valence-electron chi connectivity index (χ2n) is 10.6. The van der Waals surface area contributed by atoms with Crippen molar-refractivity contribution in [3.05, 3.63) is 36.0 Å². The van der Waals surface area contributed by atoms with Crippen molar-refractivity contribution in [1.82, 2.24) is 5.32 Å². The quantitative estimate of drug-likeness (QED) is 0.109. The highest BCUT2D eigenvalue weighted by atomic mass is 16.6. The molecule has 1 amide bonds. The van der Waals surface area contributed by atoms with Gasteiger partial charge in [-0.2, -0.15) is 0 Å². The second-order valence-corrected chi connectivity index (χ2v) is 10.6. The Bertz CT molecular complexity index is 981. The van der Waals surface area contributed by atoms with Gasteiger partial charge in [0.2, 0.25) is 12.0 Å². The summed E-state index contributed by atoms with van der Waals surface area (Å²) in [6.07, 6.45) is 10.0. The molecule has 3 saturated heterocycles. The molecule has 3 heterocycles. The number of nitrogens with one attached hydrogen (secondary N) is 1. The van der Waals surface area contributed by atoms with Gasteiger partial charge in [0.05, 0.1) is 37.5 Å². The minimum Gasteiger partial charge on any atom is -0.459 e. The summed E-state index contributed by atoms with van der Waals surface area (Å²) in [4.78, 5) is 37.4. The van der Waals surface area contributed by atoms with E-state index >= 15 is 0 Å². The Morgan fingerprint density at radius 1 is 1.26 bits per heavy atom. The lowest BCUT2D eigenvalue weighted by Gasteiger charge is -2.39. The Labute approximate surface area is 224 Å². The molecule has 10 heteroatoms. The standard InChI is InChI=1S/C28H40N2O8/c1-17(7-10-25-27(34)28(15-35-28)13-22(38-25)14-29-16-31)6-9-24-18(2)12-23(20(4)37-24)30-26(33)11-8-19(3)36-21(5)32/h6-8,10-11,18-20,22-25,27,34H,9,12-15H2,1-5H3,(H,30,33)/t18-,19-,20+,22-,23+,24-,25+,27+,28+/m0/s1. The fourth-order valence-corrected chi connectivity index (χ4v) is 5.01. The molecule has 0 aromatic carbocycles. The number of aliphatic imine (C=N–C) groups is 1. The highest BCUT2D eigenvalue weighted by Gasteiger charge is 2.58. The third-order valence-electron chi connectivity index (χ3n) is 7.28. The number of ether oxygens (including phenoxy) is 4. The molecule has 10 nitrogen and oxygen atoms in total. The van der Waals surface area contributed by atoms with Gasteiger partial charge in [-0.1, -0.05) is 30.7 Å². The summed E-state index contributed by atoms with van der Waals surface area (Å²) < 4.78 is 22.7. The van der Waals surface area contributed by atoms with Crippen molar-refractivity contribution >= 4 is 18.0 Å². The lowest BCUT2D eigenvalue weighted by atomic mass is 9.87. The monoisotopic (exact) mass is 532 g/mol. The predicted molar refractivity (Wildman–Crippen MR) is 139 cm³/mol. The minimum absolute atomic E-state index is 0.00581. The van der Waals surface area contributed by atoms with Crippen molar-refractivity contribution in [3.8, 4) is 0 Å². The Morgan fingerprint density at radius 3 is 2.66 bits per heavy atom. The molecule has 3 rings (SSSR count). The third kappa shape index (κ3) is 8.44. The normalized spacial score (nSPS) is 36.2. The molecule has 0 bridgehead atoms. The maximum Gasteiger partial charge on any atom is 0.303 e. The van der Waals surface area contributed by atoms with Gasteiger partial charge in [0.25, 0.3) is 0 Å². The summed E-state index contributed by atoms with van der Waals surface area (Å²) >= 11 is 0. The zero-order valence-electron chi connectivity index (χ0n) is 22.8. The summed E-state index contributed by atoms with van der Waals surface area (Å²) in [6.45, 7) is 9.73. The fraction of sp³-hybridized carbons (Fsp3) is 0.679. The van der Waals surface area contributed by atoms with Gasteiger partial charge in [0, 0.05) is 19.4 Å². The van der Waals surface area contributed by atoms with Crippen LogP contribution in [0.5, 0.6) is 0 Å². The molecular formula is C28H40N2O8. The Kier molecular flexibility index (Phi) is 10.6. The van der Waals surface area contributed by atoms with E-state index in [0.29, 0.717) is 19.4 Å². The van der Waals surface area contributed by atoms with Gasteiger partial charge < -0.3 is 29.4 Å². The highest BCUT2D eigenvalue weighted by Crippen LogP contribution is 2.42. The number of carbonyl (C=O) groups excluding carboxylic acids is 3. The van der Waals surface area contributed by atoms with Crippen LogP contribution in [-0.4, -0.2) is 84.5 Å². The molecule has 210 valence electrons. The zero-order valence-corrected chi connectivity index (χ0v) is 22.8. The van der Waals surface area contributed by atoms with Crippen LogP contribution in [0.2, 0.25) is 0 Å². The largest absolute Gasteiger partial charge is 0.459 e. The number of aliphatic hydroxyl groups is 1. The number of epoxide rings is 1. The lowest BCUT2D eigenvalue weighted by Crippen LogP contribution is -2.50. The van der Waals surface area contributed by atoms with Gasteiger partial charge in [-0.3, -0.25) is 9.59 Å². The molecule has 9 atom stereocenters. The Balaban J connectivity index is 1.49. The second kappa shape index (κ2) is 13.4. The average molecular weight is 533 g/mol. The molecule has 0 aliphatic carbocycles.